The molecule has 0 aliphatic carbocycles. The minimum atomic E-state index is -0.690. The molecular formula is C18H19Cl2N5OS. The third-order valence-electron chi connectivity index (χ3n) is 4.67. The molecule has 4 rings (SSSR count). The van der Waals surface area contributed by atoms with E-state index in [9.17, 15) is 4.79 Å². The van der Waals surface area contributed by atoms with Crippen molar-refractivity contribution in [2.45, 2.75) is 18.4 Å². The Morgan fingerprint density at radius 3 is 2.74 bits per heavy atom. The van der Waals surface area contributed by atoms with Crippen molar-refractivity contribution in [1.82, 2.24) is 20.1 Å². The molecule has 3 aromatic rings. The predicted octanol–water partition coefficient (Wildman–Crippen LogP) is 3.80. The highest BCUT2D eigenvalue weighted by Crippen LogP contribution is 2.32. The highest BCUT2D eigenvalue weighted by Gasteiger charge is 2.42. The molecule has 9 heteroatoms. The first-order chi connectivity index (χ1) is 12.7. The molecule has 1 saturated heterocycles. The molecule has 0 bridgehead atoms. The summed E-state index contributed by atoms with van der Waals surface area (Å²) in [6.07, 6.45) is 4.92. The number of halogens is 2. The summed E-state index contributed by atoms with van der Waals surface area (Å²) in [5, 5.41) is 13.7. The fourth-order valence-electron chi connectivity index (χ4n) is 3.26. The van der Waals surface area contributed by atoms with E-state index in [1.165, 1.54) is 11.3 Å². The molecule has 0 spiro atoms. The number of piperidine rings is 1. The van der Waals surface area contributed by atoms with Gasteiger partial charge in [-0.2, -0.15) is 5.10 Å². The van der Waals surface area contributed by atoms with Gasteiger partial charge in [0.15, 0.2) is 5.13 Å². The van der Waals surface area contributed by atoms with Crippen LogP contribution in [0.25, 0.3) is 11.3 Å². The van der Waals surface area contributed by atoms with Crippen molar-refractivity contribution in [2.75, 3.05) is 18.4 Å². The summed E-state index contributed by atoms with van der Waals surface area (Å²) in [6, 6.07) is 9.39. The van der Waals surface area contributed by atoms with Gasteiger partial charge >= 0.3 is 0 Å². The Bertz CT molecular complexity index is 906. The van der Waals surface area contributed by atoms with E-state index in [1.54, 1.807) is 10.9 Å². The zero-order valence-corrected chi connectivity index (χ0v) is 16.8. The van der Waals surface area contributed by atoms with Crippen molar-refractivity contribution < 1.29 is 4.79 Å². The average molecular weight is 424 g/mol. The second kappa shape index (κ2) is 8.39. The van der Waals surface area contributed by atoms with Crippen molar-refractivity contribution in [3.8, 4) is 11.3 Å². The topological polar surface area (TPSA) is 71.8 Å². The summed E-state index contributed by atoms with van der Waals surface area (Å²) in [4.78, 5) is 17.7. The van der Waals surface area contributed by atoms with Crippen LogP contribution in [0.3, 0.4) is 0 Å². The fraction of sp³-hybridized carbons (Fsp3) is 0.278. The highest BCUT2D eigenvalue weighted by molar-refractivity contribution is 7.14. The number of hydrogen-bond acceptors (Lipinski definition) is 5. The van der Waals surface area contributed by atoms with Gasteiger partial charge in [-0.05, 0) is 38.1 Å². The number of carbonyl (C=O) groups excluding carboxylic acids is 1. The number of nitrogens with zero attached hydrogens (tertiary/aromatic N) is 3. The third-order valence-corrected chi connectivity index (χ3v) is 5.76. The minimum Gasteiger partial charge on any atom is -0.317 e. The molecule has 0 radical (unpaired) electrons. The molecule has 0 saturated carbocycles. The lowest BCUT2D eigenvalue weighted by Crippen LogP contribution is -2.52. The summed E-state index contributed by atoms with van der Waals surface area (Å²) in [5.41, 5.74) is 0.925. The number of nitrogens with one attached hydrogen (secondary N) is 2. The van der Waals surface area contributed by atoms with Gasteiger partial charge in [0.25, 0.3) is 5.91 Å². The van der Waals surface area contributed by atoms with Gasteiger partial charge in [-0.1, -0.05) is 29.8 Å². The molecule has 1 aromatic carbocycles. The first kappa shape index (κ1) is 19.8. The van der Waals surface area contributed by atoms with E-state index in [0.717, 1.165) is 24.3 Å². The van der Waals surface area contributed by atoms with E-state index in [-0.39, 0.29) is 18.3 Å². The molecule has 27 heavy (non-hydrogen) atoms. The van der Waals surface area contributed by atoms with Gasteiger partial charge in [0.05, 0.1) is 5.69 Å². The van der Waals surface area contributed by atoms with E-state index in [2.05, 4.69) is 20.7 Å². The summed E-state index contributed by atoms with van der Waals surface area (Å²) < 4.78 is 1.77. The third kappa shape index (κ3) is 3.87. The maximum atomic E-state index is 13.1. The van der Waals surface area contributed by atoms with E-state index in [1.807, 2.05) is 41.9 Å². The number of rotatable bonds is 4. The SMILES string of the molecule is Cl.O=C(Nc1nc(-c2ccccc2Cl)cs1)C1(n2cccn2)CCNCC1. The number of carbonyl (C=O) groups is 1. The number of anilines is 1. The van der Waals surface area contributed by atoms with Crippen molar-refractivity contribution in [3.05, 3.63) is 53.1 Å². The molecule has 2 aromatic heterocycles. The molecule has 1 aliphatic rings. The van der Waals surface area contributed by atoms with Gasteiger partial charge in [-0.15, -0.1) is 23.7 Å². The Balaban J connectivity index is 0.00000210. The van der Waals surface area contributed by atoms with Gasteiger partial charge in [0.1, 0.15) is 5.54 Å². The van der Waals surface area contributed by atoms with Crippen LogP contribution in [-0.4, -0.2) is 33.8 Å². The Morgan fingerprint density at radius 1 is 1.26 bits per heavy atom. The zero-order valence-electron chi connectivity index (χ0n) is 14.4. The smallest absolute Gasteiger partial charge is 0.254 e. The van der Waals surface area contributed by atoms with Gasteiger partial charge < -0.3 is 5.32 Å². The van der Waals surface area contributed by atoms with Crippen LogP contribution < -0.4 is 10.6 Å². The van der Waals surface area contributed by atoms with Crippen molar-refractivity contribution in [1.29, 1.82) is 0 Å². The highest BCUT2D eigenvalue weighted by atomic mass is 35.5. The second-order valence-corrected chi connectivity index (χ2v) is 7.47. The quantitative estimate of drug-likeness (QED) is 0.669. The minimum absolute atomic E-state index is 0. The molecule has 1 fully saturated rings. The zero-order chi connectivity index (χ0) is 18.0. The van der Waals surface area contributed by atoms with Crippen molar-refractivity contribution >= 4 is 46.4 Å². The lowest BCUT2D eigenvalue weighted by molar-refractivity contribution is -0.126. The van der Waals surface area contributed by atoms with Crippen molar-refractivity contribution in [3.63, 3.8) is 0 Å². The van der Waals surface area contributed by atoms with Crippen LogP contribution >= 0.6 is 35.3 Å². The normalized spacial score (nSPS) is 15.7. The van der Waals surface area contributed by atoms with Crippen LogP contribution in [0.4, 0.5) is 5.13 Å². The van der Waals surface area contributed by atoms with E-state index in [0.29, 0.717) is 23.0 Å². The molecule has 6 nitrogen and oxygen atoms in total. The molecule has 1 aliphatic heterocycles. The summed E-state index contributed by atoms with van der Waals surface area (Å²) in [6.45, 7) is 1.55. The summed E-state index contributed by atoms with van der Waals surface area (Å²) >= 11 is 7.64. The van der Waals surface area contributed by atoms with Crippen LogP contribution in [0.2, 0.25) is 5.02 Å². The molecule has 3 heterocycles. The standard InChI is InChI=1S/C18H18ClN5OS.ClH/c19-14-5-2-1-4-13(14)15-12-26-17(22-15)23-16(25)18(6-9-20-10-7-18)24-11-3-8-21-24;/h1-5,8,11-12,20H,6-7,9-10H2,(H,22,23,25);1H. The van der Waals surface area contributed by atoms with Gasteiger partial charge in [-0.3, -0.25) is 14.8 Å². The lowest BCUT2D eigenvalue weighted by atomic mass is 9.87. The largest absolute Gasteiger partial charge is 0.317 e. The predicted molar refractivity (Wildman–Crippen MR) is 111 cm³/mol. The maximum absolute atomic E-state index is 13.1. The Labute approximate surface area is 172 Å². The Hall–Kier alpha value is -1.93. The van der Waals surface area contributed by atoms with E-state index >= 15 is 0 Å². The number of amides is 1. The first-order valence-electron chi connectivity index (χ1n) is 8.42. The van der Waals surface area contributed by atoms with Gasteiger partial charge in [-0.25, -0.2) is 4.98 Å². The number of hydrogen-bond donors (Lipinski definition) is 2. The van der Waals surface area contributed by atoms with Crippen LogP contribution in [0.5, 0.6) is 0 Å². The van der Waals surface area contributed by atoms with Crippen LogP contribution in [-0.2, 0) is 10.3 Å². The molecule has 1 amide bonds. The molecule has 2 N–H and O–H groups in total. The van der Waals surface area contributed by atoms with Crippen molar-refractivity contribution in [2.24, 2.45) is 0 Å². The molecule has 0 atom stereocenters. The maximum Gasteiger partial charge on any atom is 0.254 e. The molecule has 0 unspecified atom stereocenters. The average Bonchev–Trinajstić information content (AvgIpc) is 3.35. The molecule has 142 valence electrons. The molecular weight excluding hydrogens is 405 g/mol. The monoisotopic (exact) mass is 423 g/mol. The summed E-state index contributed by atoms with van der Waals surface area (Å²) in [5.74, 6) is -0.0808. The number of benzene rings is 1. The Kier molecular flexibility index (Phi) is 6.16. The second-order valence-electron chi connectivity index (χ2n) is 6.20. The van der Waals surface area contributed by atoms with Gasteiger partial charge in [0.2, 0.25) is 0 Å². The van der Waals surface area contributed by atoms with Crippen LogP contribution in [0.15, 0.2) is 48.1 Å². The van der Waals surface area contributed by atoms with E-state index < -0.39 is 5.54 Å². The number of thiazole rings is 1. The van der Waals surface area contributed by atoms with Gasteiger partial charge in [0, 0.05) is 28.4 Å². The Morgan fingerprint density at radius 2 is 2.04 bits per heavy atom. The number of aromatic nitrogens is 3. The van der Waals surface area contributed by atoms with E-state index in [4.69, 9.17) is 11.6 Å². The first-order valence-corrected chi connectivity index (χ1v) is 9.67. The summed E-state index contributed by atoms with van der Waals surface area (Å²) in [7, 11) is 0. The van der Waals surface area contributed by atoms with Crippen LogP contribution in [0.1, 0.15) is 12.8 Å². The fourth-order valence-corrected chi connectivity index (χ4v) is 4.20. The lowest BCUT2D eigenvalue weighted by Gasteiger charge is -2.36. The van der Waals surface area contributed by atoms with Crippen LogP contribution in [0, 0.1) is 0 Å².